The van der Waals surface area contributed by atoms with E-state index < -0.39 is 5.97 Å². The number of benzene rings is 1. The van der Waals surface area contributed by atoms with Crippen LogP contribution in [0.25, 0.3) is 0 Å². The fourth-order valence-corrected chi connectivity index (χ4v) is 2.84. The number of amides is 1. The summed E-state index contributed by atoms with van der Waals surface area (Å²) in [5, 5.41) is 16.0. The van der Waals surface area contributed by atoms with Gasteiger partial charge in [0, 0.05) is 25.2 Å². The second kappa shape index (κ2) is 9.75. The molecule has 2 rings (SSSR count). The Hall–Kier alpha value is -2.83. The number of rotatable bonds is 10. The van der Waals surface area contributed by atoms with Crippen LogP contribution in [0, 0.1) is 13.8 Å². The number of nitrogens with zero attached hydrogens (tertiary/aromatic N) is 2. The Balaban J connectivity index is 1.87. The number of hydrogen-bond acceptors (Lipinski definition) is 4. The second-order valence-corrected chi connectivity index (χ2v) is 6.44. The number of carbonyl (C=O) groups is 2. The van der Waals surface area contributed by atoms with Gasteiger partial charge in [-0.1, -0.05) is 19.1 Å². The first-order valence-corrected chi connectivity index (χ1v) is 9.18. The lowest BCUT2D eigenvalue weighted by atomic mass is 10.1. The van der Waals surface area contributed by atoms with Gasteiger partial charge in [-0.05, 0) is 44.4 Å². The van der Waals surface area contributed by atoms with Crippen molar-refractivity contribution in [2.75, 3.05) is 6.61 Å². The summed E-state index contributed by atoms with van der Waals surface area (Å²) in [7, 11) is 0. The highest BCUT2D eigenvalue weighted by molar-refractivity contribution is 5.96. The fraction of sp³-hybridized carbons (Fsp3) is 0.450. The zero-order chi connectivity index (χ0) is 19.8. The second-order valence-electron chi connectivity index (χ2n) is 6.44. The molecule has 0 unspecified atom stereocenters. The number of aryl methyl sites for hydroxylation is 2. The Morgan fingerprint density at radius 1 is 1.22 bits per heavy atom. The molecule has 2 aromatic rings. The third-order valence-electron chi connectivity index (χ3n) is 4.22. The number of carbonyl (C=O) groups excluding carboxylic acids is 1. The fourth-order valence-electron chi connectivity index (χ4n) is 2.84. The maximum atomic E-state index is 12.5. The molecule has 0 saturated heterocycles. The Labute approximate surface area is 159 Å². The summed E-state index contributed by atoms with van der Waals surface area (Å²) in [4.78, 5) is 23.0. The molecular weight excluding hydrogens is 346 g/mol. The Bertz CT molecular complexity index is 781. The summed E-state index contributed by atoms with van der Waals surface area (Å²) in [5.74, 6) is -0.264. The summed E-state index contributed by atoms with van der Waals surface area (Å²) in [5.41, 5.74) is 3.22. The van der Waals surface area contributed by atoms with Crippen LogP contribution < -0.4 is 10.1 Å². The minimum Gasteiger partial charge on any atom is -0.494 e. The molecule has 0 fully saturated rings. The van der Waals surface area contributed by atoms with Crippen LogP contribution >= 0.6 is 0 Å². The Kier molecular flexibility index (Phi) is 7.40. The van der Waals surface area contributed by atoms with Gasteiger partial charge >= 0.3 is 5.97 Å². The van der Waals surface area contributed by atoms with Crippen molar-refractivity contribution in [3.63, 3.8) is 0 Å². The van der Waals surface area contributed by atoms with Gasteiger partial charge in [0.25, 0.3) is 5.91 Å². The van der Waals surface area contributed by atoms with Crippen LogP contribution in [-0.2, 0) is 17.9 Å². The molecule has 0 aliphatic heterocycles. The lowest BCUT2D eigenvalue weighted by molar-refractivity contribution is -0.137. The molecule has 27 heavy (non-hydrogen) atoms. The van der Waals surface area contributed by atoms with Crippen LogP contribution in [0.1, 0.15) is 53.5 Å². The van der Waals surface area contributed by atoms with Crippen LogP contribution in [0.3, 0.4) is 0 Å². The number of ether oxygens (including phenoxy) is 1. The molecular formula is C20H27N3O4. The number of hydrogen-bond donors (Lipinski definition) is 2. The Morgan fingerprint density at radius 2 is 1.93 bits per heavy atom. The average Bonchev–Trinajstić information content (AvgIpc) is 2.91. The van der Waals surface area contributed by atoms with E-state index in [1.807, 2.05) is 42.8 Å². The quantitative estimate of drug-likeness (QED) is 0.624. The van der Waals surface area contributed by atoms with Crippen molar-refractivity contribution in [1.29, 1.82) is 0 Å². The first-order chi connectivity index (χ1) is 12.9. The summed E-state index contributed by atoms with van der Waals surface area (Å²) in [6.45, 7) is 7.42. The van der Waals surface area contributed by atoms with Gasteiger partial charge in [0.1, 0.15) is 5.75 Å². The maximum Gasteiger partial charge on any atom is 0.303 e. The highest BCUT2D eigenvalue weighted by Crippen LogP contribution is 2.15. The van der Waals surface area contributed by atoms with Gasteiger partial charge in [-0.15, -0.1) is 0 Å². The van der Waals surface area contributed by atoms with Crippen molar-refractivity contribution in [2.45, 2.75) is 53.1 Å². The van der Waals surface area contributed by atoms with Crippen molar-refractivity contribution in [2.24, 2.45) is 0 Å². The monoisotopic (exact) mass is 373 g/mol. The van der Waals surface area contributed by atoms with E-state index in [1.54, 1.807) is 0 Å². The van der Waals surface area contributed by atoms with Crippen molar-refractivity contribution in [3.8, 4) is 5.75 Å². The van der Waals surface area contributed by atoms with Crippen LogP contribution in [0.5, 0.6) is 5.75 Å². The third-order valence-corrected chi connectivity index (χ3v) is 4.22. The molecule has 0 atom stereocenters. The molecule has 7 heteroatoms. The number of aliphatic carboxylic acids is 1. The first-order valence-electron chi connectivity index (χ1n) is 9.18. The van der Waals surface area contributed by atoms with Crippen LogP contribution in [-0.4, -0.2) is 33.4 Å². The topological polar surface area (TPSA) is 93.5 Å². The molecule has 0 bridgehead atoms. The van der Waals surface area contributed by atoms with Gasteiger partial charge < -0.3 is 15.2 Å². The molecule has 1 aromatic carbocycles. The summed E-state index contributed by atoms with van der Waals surface area (Å²) >= 11 is 0. The van der Waals surface area contributed by atoms with Gasteiger partial charge in [0.05, 0.1) is 17.9 Å². The standard InChI is InChI=1S/C20H27N3O4/c1-4-11-23-15(3)19(14(2)22-23)20(26)21-13-16-7-9-17(10-8-16)27-12-5-6-18(24)25/h7-10H,4-6,11-13H2,1-3H3,(H,21,26)(H,24,25). The van der Waals surface area contributed by atoms with E-state index in [0.717, 1.165) is 29.9 Å². The predicted octanol–water partition coefficient (Wildman–Crippen LogP) is 3.08. The third kappa shape index (κ3) is 5.84. The molecule has 0 aliphatic rings. The zero-order valence-electron chi connectivity index (χ0n) is 16.1. The van der Waals surface area contributed by atoms with Crippen molar-refractivity contribution < 1.29 is 19.4 Å². The molecule has 2 N–H and O–H groups in total. The molecule has 0 radical (unpaired) electrons. The smallest absolute Gasteiger partial charge is 0.303 e. The highest BCUT2D eigenvalue weighted by Gasteiger charge is 2.18. The number of nitrogens with one attached hydrogen (secondary N) is 1. The first kappa shape index (κ1) is 20.5. The number of carboxylic acid groups (broad SMARTS) is 1. The lowest BCUT2D eigenvalue weighted by Crippen LogP contribution is -2.24. The normalized spacial score (nSPS) is 10.6. The van der Waals surface area contributed by atoms with E-state index in [2.05, 4.69) is 17.3 Å². The SMILES string of the molecule is CCCn1nc(C)c(C(=O)NCc2ccc(OCCCC(=O)O)cc2)c1C. The van der Waals surface area contributed by atoms with Crippen LogP contribution in [0.15, 0.2) is 24.3 Å². The molecule has 1 heterocycles. The van der Waals surface area contributed by atoms with Gasteiger partial charge in [0.15, 0.2) is 0 Å². The summed E-state index contributed by atoms with van der Waals surface area (Å²) < 4.78 is 7.38. The predicted molar refractivity (Wildman–Crippen MR) is 102 cm³/mol. The van der Waals surface area contributed by atoms with E-state index >= 15 is 0 Å². The van der Waals surface area contributed by atoms with Gasteiger partial charge in [0.2, 0.25) is 0 Å². The van der Waals surface area contributed by atoms with Crippen LogP contribution in [0.2, 0.25) is 0 Å². The number of aromatic nitrogens is 2. The van der Waals surface area contributed by atoms with Gasteiger partial charge in [-0.3, -0.25) is 14.3 Å². The minimum absolute atomic E-state index is 0.0950. The van der Waals surface area contributed by atoms with Gasteiger partial charge in [-0.25, -0.2) is 0 Å². The average molecular weight is 373 g/mol. The molecule has 1 aromatic heterocycles. The summed E-state index contributed by atoms with van der Waals surface area (Å²) in [6, 6.07) is 7.40. The highest BCUT2D eigenvalue weighted by atomic mass is 16.5. The van der Waals surface area contributed by atoms with E-state index in [0.29, 0.717) is 30.9 Å². The van der Waals surface area contributed by atoms with Crippen LogP contribution in [0.4, 0.5) is 0 Å². The van der Waals surface area contributed by atoms with E-state index in [1.165, 1.54) is 0 Å². The minimum atomic E-state index is -0.824. The van der Waals surface area contributed by atoms with Gasteiger partial charge in [-0.2, -0.15) is 5.10 Å². The van der Waals surface area contributed by atoms with Crippen molar-refractivity contribution >= 4 is 11.9 Å². The molecule has 0 aliphatic carbocycles. The van der Waals surface area contributed by atoms with E-state index in [-0.39, 0.29) is 12.3 Å². The number of carboxylic acids is 1. The van der Waals surface area contributed by atoms with Crippen molar-refractivity contribution in [1.82, 2.24) is 15.1 Å². The Morgan fingerprint density at radius 3 is 2.56 bits per heavy atom. The molecule has 146 valence electrons. The molecule has 7 nitrogen and oxygen atoms in total. The summed E-state index contributed by atoms with van der Waals surface area (Å²) in [6.07, 6.45) is 1.53. The van der Waals surface area contributed by atoms with E-state index in [4.69, 9.17) is 9.84 Å². The molecule has 0 saturated carbocycles. The zero-order valence-corrected chi connectivity index (χ0v) is 16.1. The molecule has 1 amide bonds. The lowest BCUT2D eigenvalue weighted by Gasteiger charge is -2.08. The van der Waals surface area contributed by atoms with Crippen molar-refractivity contribution in [3.05, 3.63) is 46.8 Å². The largest absolute Gasteiger partial charge is 0.494 e. The maximum absolute atomic E-state index is 12.5. The molecule has 0 spiro atoms. The van der Waals surface area contributed by atoms with E-state index in [9.17, 15) is 9.59 Å².